The molecule has 3 N–H and O–H groups in total. The Morgan fingerprint density at radius 1 is 1.58 bits per heavy atom. The van der Waals surface area contributed by atoms with Crippen LogP contribution in [0.15, 0.2) is 29.8 Å². The van der Waals surface area contributed by atoms with Gasteiger partial charge < -0.3 is 11.1 Å². The first-order chi connectivity index (χ1) is 9.09. The van der Waals surface area contributed by atoms with Crippen molar-refractivity contribution in [1.82, 2.24) is 4.98 Å². The van der Waals surface area contributed by atoms with Crippen LogP contribution in [0, 0.1) is 0 Å². The van der Waals surface area contributed by atoms with Crippen LogP contribution in [0.1, 0.15) is 23.4 Å². The molecule has 0 aliphatic rings. The summed E-state index contributed by atoms with van der Waals surface area (Å²) in [6.45, 7) is 2.88. The van der Waals surface area contributed by atoms with Gasteiger partial charge in [-0.1, -0.05) is 36.8 Å². The summed E-state index contributed by atoms with van der Waals surface area (Å²) in [4.78, 5) is 4.61. The lowest BCUT2D eigenvalue weighted by atomic mass is 10.1. The van der Waals surface area contributed by atoms with Crippen LogP contribution in [0.2, 0.25) is 5.02 Å². The van der Waals surface area contributed by atoms with Gasteiger partial charge >= 0.3 is 0 Å². The number of nitrogens with two attached hydrogens (primary N) is 1. The summed E-state index contributed by atoms with van der Waals surface area (Å²) in [7, 11) is 0. The number of thiocarbonyl (C=S) groups is 1. The minimum atomic E-state index is 0.301. The third kappa shape index (κ3) is 3.43. The highest BCUT2D eigenvalue weighted by Crippen LogP contribution is 2.25. The number of rotatable bonds is 5. The Morgan fingerprint density at radius 3 is 3.00 bits per heavy atom. The van der Waals surface area contributed by atoms with Crippen LogP contribution in [-0.2, 0) is 0 Å². The average molecular weight is 312 g/mol. The third-order valence-corrected chi connectivity index (χ3v) is 4.26. The van der Waals surface area contributed by atoms with E-state index in [1.165, 1.54) is 0 Å². The van der Waals surface area contributed by atoms with E-state index < -0.39 is 0 Å². The SMILES string of the molecule is CC(CNc1cccc(Cl)c1C(N)=S)c1nccs1. The van der Waals surface area contributed by atoms with Crippen LogP contribution in [0.5, 0.6) is 0 Å². The Hall–Kier alpha value is -1.17. The van der Waals surface area contributed by atoms with Gasteiger partial charge in [-0.05, 0) is 12.1 Å². The summed E-state index contributed by atoms with van der Waals surface area (Å²) in [6, 6.07) is 5.58. The molecule has 1 aromatic heterocycles. The summed E-state index contributed by atoms with van der Waals surface area (Å²) < 4.78 is 0. The van der Waals surface area contributed by atoms with Crippen molar-refractivity contribution < 1.29 is 0 Å². The third-order valence-electron chi connectivity index (χ3n) is 2.73. The standard InChI is InChI=1S/C13H14ClN3S2/c1-8(13-16-5-6-19-13)7-17-10-4-2-3-9(14)11(10)12(15)18/h2-6,8,17H,7H2,1H3,(H2,15,18). The lowest BCUT2D eigenvalue weighted by Crippen LogP contribution is -2.16. The Kier molecular flexibility index (Phi) is 4.74. The van der Waals surface area contributed by atoms with Crippen LogP contribution in [-0.4, -0.2) is 16.5 Å². The second-order valence-corrected chi connectivity index (χ2v) is 5.95. The maximum Gasteiger partial charge on any atom is 0.107 e. The molecule has 0 saturated heterocycles. The molecule has 0 amide bonds. The molecular formula is C13H14ClN3S2. The second-order valence-electron chi connectivity index (χ2n) is 4.18. The normalized spacial score (nSPS) is 12.1. The average Bonchev–Trinajstić information content (AvgIpc) is 2.89. The van der Waals surface area contributed by atoms with Crippen molar-refractivity contribution in [2.75, 3.05) is 11.9 Å². The van der Waals surface area contributed by atoms with Crippen molar-refractivity contribution >= 4 is 45.8 Å². The molecule has 2 aromatic rings. The van der Waals surface area contributed by atoms with E-state index in [1.807, 2.05) is 23.7 Å². The van der Waals surface area contributed by atoms with E-state index in [0.29, 0.717) is 21.5 Å². The number of thiazole rings is 1. The lowest BCUT2D eigenvalue weighted by molar-refractivity contribution is 0.795. The Labute approximate surface area is 126 Å². The maximum atomic E-state index is 6.12. The summed E-state index contributed by atoms with van der Waals surface area (Å²) >= 11 is 12.8. The van der Waals surface area contributed by atoms with Gasteiger partial charge in [-0.3, -0.25) is 0 Å². The van der Waals surface area contributed by atoms with Gasteiger partial charge in [-0.15, -0.1) is 11.3 Å². The van der Waals surface area contributed by atoms with Crippen molar-refractivity contribution in [2.24, 2.45) is 5.73 Å². The van der Waals surface area contributed by atoms with Gasteiger partial charge in [0.15, 0.2) is 0 Å². The topological polar surface area (TPSA) is 50.9 Å². The van der Waals surface area contributed by atoms with E-state index in [2.05, 4.69) is 17.2 Å². The molecule has 0 bridgehead atoms. The second kappa shape index (κ2) is 6.32. The highest BCUT2D eigenvalue weighted by Gasteiger charge is 2.12. The predicted octanol–water partition coefficient (Wildman–Crippen LogP) is 3.65. The molecule has 19 heavy (non-hydrogen) atoms. The lowest BCUT2D eigenvalue weighted by Gasteiger charge is -2.15. The molecule has 1 heterocycles. The first kappa shape index (κ1) is 14.2. The molecule has 1 atom stereocenters. The summed E-state index contributed by atoms with van der Waals surface area (Å²) in [6.07, 6.45) is 1.82. The number of anilines is 1. The maximum absolute atomic E-state index is 6.12. The fraction of sp³-hybridized carbons (Fsp3) is 0.231. The Balaban J connectivity index is 2.12. The van der Waals surface area contributed by atoms with Gasteiger partial charge in [0.25, 0.3) is 0 Å². The van der Waals surface area contributed by atoms with Gasteiger partial charge in [-0.2, -0.15) is 0 Å². The van der Waals surface area contributed by atoms with Crippen LogP contribution in [0.3, 0.4) is 0 Å². The Morgan fingerprint density at radius 2 is 2.37 bits per heavy atom. The largest absolute Gasteiger partial charge is 0.389 e. The number of benzene rings is 1. The van der Waals surface area contributed by atoms with Crippen molar-refractivity contribution in [3.05, 3.63) is 45.4 Å². The molecule has 100 valence electrons. The minimum Gasteiger partial charge on any atom is -0.389 e. The predicted molar refractivity (Wildman–Crippen MR) is 86.4 cm³/mol. The molecule has 0 fully saturated rings. The zero-order chi connectivity index (χ0) is 13.8. The molecule has 0 aliphatic heterocycles. The highest BCUT2D eigenvalue weighted by molar-refractivity contribution is 7.80. The first-order valence-corrected chi connectivity index (χ1v) is 7.47. The summed E-state index contributed by atoms with van der Waals surface area (Å²) in [5.74, 6) is 0.318. The van der Waals surface area contributed by atoms with Crippen molar-refractivity contribution in [2.45, 2.75) is 12.8 Å². The number of aromatic nitrogens is 1. The zero-order valence-electron chi connectivity index (χ0n) is 10.4. The molecule has 0 spiro atoms. The van der Waals surface area contributed by atoms with Crippen LogP contribution in [0.4, 0.5) is 5.69 Å². The van der Waals surface area contributed by atoms with Gasteiger partial charge in [0.05, 0.1) is 15.6 Å². The summed E-state index contributed by atoms with van der Waals surface area (Å²) in [5.41, 5.74) is 7.28. The van der Waals surface area contributed by atoms with Crippen LogP contribution >= 0.6 is 35.2 Å². The zero-order valence-corrected chi connectivity index (χ0v) is 12.8. The number of halogens is 1. The van der Waals surface area contributed by atoms with Crippen molar-refractivity contribution in [3.8, 4) is 0 Å². The van der Waals surface area contributed by atoms with Crippen molar-refractivity contribution in [1.29, 1.82) is 0 Å². The molecular weight excluding hydrogens is 298 g/mol. The van der Waals surface area contributed by atoms with Crippen LogP contribution in [0.25, 0.3) is 0 Å². The van der Waals surface area contributed by atoms with Gasteiger partial charge in [0.1, 0.15) is 4.99 Å². The molecule has 6 heteroatoms. The molecule has 1 aromatic carbocycles. The van der Waals surface area contributed by atoms with E-state index in [0.717, 1.165) is 17.2 Å². The molecule has 0 radical (unpaired) electrons. The molecule has 2 rings (SSSR count). The first-order valence-electron chi connectivity index (χ1n) is 5.81. The minimum absolute atomic E-state index is 0.301. The Bertz CT molecular complexity index is 569. The fourth-order valence-electron chi connectivity index (χ4n) is 1.75. The number of nitrogens with zero attached hydrogens (tertiary/aromatic N) is 1. The highest BCUT2D eigenvalue weighted by atomic mass is 35.5. The molecule has 1 unspecified atom stereocenters. The number of hydrogen-bond acceptors (Lipinski definition) is 4. The van der Waals surface area contributed by atoms with E-state index >= 15 is 0 Å². The smallest absolute Gasteiger partial charge is 0.107 e. The fourth-order valence-corrected chi connectivity index (χ4v) is 3.00. The van der Waals surface area contributed by atoms with E-state index in [-0.39, 0.29) is 0 Å². The van der Waals surface area contributed by atoms with Crippen LogP contribution < -0.4 is 11.1 Å². The van der Waals surface area contributed by atoms with Crippen molar-refractivity contribution in [3.63, 3.8) is 0 Å². The molecule has 0 saturated carbocycles. The van der Waals surface area contributed by atoms with Gasteiger partial charge in [-0.25, -0.2) is 4.98 Å². The van der Waals surface area contributed by atoms with Gasteiger partial charge in [0, 0.05) is 29.7 Å². The number of hydrogen-bond donors (Lipinski definition) is 2. The van der Waals surface area contributed by atoms with E-state index in [9.17, 15) is 0 Å². The monoisotopic (exact) mass is 311 g/mol. The van der Waals surface area contributed by atoms with E-state index in [1.54, 1.807) is 17.4 Å². The summed E-state index contributed by atoms with van der Waals surface area (Å²) in [5, 5.41) is 6.99. The van der Waals surface area contributed by atoms with Gasteiger partial charge in [0.2, 0.25) is 0 Å². The number of nitrogens with one attached hydrogen (secondary N) is 1. The molecule has 3 nitrogen and oxygen atoms in total. The quantitative estimate of drug-likeness (QED) is 0.828. The molecule has 0 aliphatic carbocycles. The van der Waals surface area contributed by atoms with E-state index in [4.69, 9.17) is 29.6 Å².